The molecular weight excluding hydrogens is 294 g/mol. The van der Waals surface area contributed by atoms with Gasteiger partial charge >= 0.3 is 11.6 Å². The summed E-state index contributed by atoms with van der Waals surface area (Å²) >= 11 is 5.73. The van der Waals surface area contributed by atoms with Gasteiger partial charge in [0.2, 0.25) is 5.28 Å². The summed E-state index contributed by atoms with van der Waals surface area (Å²) in [4.78, 5) is 18.1. The van der Waals surface area contributed by atoms with E-state index in [9.17, 15) is 10.1 Å². The molecule has 2 aromatic rings. The molecule has 21 heavy (non-hydrogen) atoms. The van der Waals surface area contributed by atoms with Crippen molar-refractivity contribution < 1.29 is 9.66 Å². The Hall–Kier alpha value is -2.21. The lowest BCUT2D eigenvalue weighted by Gasteiger charge is -2.09. The molecule has 0 amide bonds. The molecule has 0 radical (unpaired) electrons. The summed E-state index contributed by atoms with van der Waals surface area (Å²) < 4.78 is 5.49. The molecule has 0 bridgehead atoms. The second kappa shape index (κ2) is 6.05. The minimum absolute atomic E-state index is 0.0908. The first kappa shape index (κ1) is 15.2. The second-order valence-corrected chi connectivity index (χ2v) is 5.15. The van der Waals surface area contributed by atoms with Crippen molar-refractivity contribution in [1.29, 1.82) is 0 Å². The number of aryl methyl sites for hydroxylation is 1. The third-order valence-electron chi connectivity index (χ3n) is 2.94. The van der Waals surface area contributed by atoms with E-state index in [-0.39, 0.29) is 22.5 Å². The van der Waals surface area contributed by atoms with Gasteiger partial charge in [-0.05, 0) is 42.1 Å². The molecule has 0 aliphatic carbocycles. The van der Waals surface area contributed by atoms with Crippen molar-refractivity contribution in [3.63, 3.8) is 0 Å². The van der Waals surface area contributed by atoms with Crippen LogP contribution in [-0.4, -0.2) is 14.9 Å². The molecule has 0 saturated carbocycles. The maximum absolute atomic E-state index is 11.1. The van der Waals surface area contributed by atoms with E-state index in [1.807, 2.05) is 12.1 Å². The minimum Gasteiger partial charge on any atom is -0.434 e. The number of ether oxygens (including phenoxy) is 1. The standard InChI is InChI=1S/C14H14ClN3O3/c1-8(2)10-4-6-11(7-5-10)21-13-12(18(19)20)9(3)16-14(15)17-13/h4-8H,1-3H3. The molecule has 0 atom stereocenters. The first-order chi connectivity index (χ1) is 9.88. The zero-order valence-electron chi connectivity index (χ0n) is 11.8. The quantitative estimate of drug-likeness (QED) is 0.479. The highest BCUT2D eigenvalue weighted by molar-refractivity contribution is 6.28. The van der Waals surface area contributed by atoms with Crippen LogP contribution in [0.2, 0.25) is 5.28 Å². The van der Waals surface area contributed by atoms with Crippen LogP contribution < -0.4 is 4.74 Å². The highest BCUT2D eigenvalue weighted by Gasteiger charge is 2.23. The van der Waals surface area contributed by atoms with Crippen molar-refractivity contribution in [1.82, 2.24) is 9.97 Å². The number of nitro groups is 1. The monoisotopic (exact) mass is 307 g/mol. The van der Waals surface area contributed by atoms with E-state index in [2.05, 4.69) is 23.8 Å². The fraction of sp³-hybridized carbons (Fsp3) is 0.286. The Labute approximate surface area is 126 Å². The molecule has 0 aliphatic rings. The minimum atomic E-state index is -0.580. The summed E-state index contributed by atoms with van der Waals surface area (Å²) in [5.41, 5.74) is 1.02. The van der Waals surface area contributed by atoms with E-state index in [0.29, 0.717) is 11.7 Å². The van der Waals surface area contributed by atoms with Gasteiger partial charge in [0, 0.05) is 0 Å². The van der Waals surface area contributed by atoms with Crippen molar-refractivity contribution in [3.8, 4) is 11.6 Å². The summed E-state index contributed by atoms with van der Waals surface area (Å²) in [6.45, 7) is 5.64. The smallest absolute Gasteiger partial charge is 0.352 e. The molecular formula is C14H14ClN3O3. The molecule has 1 heterocycles. The number of hydrogen-bond acceptors (Lipinski definition) is 5. The zero-order chi connectivity index (χ0) is 15.6. The van der Waals surface area contributed by atoms with Crippen LogP contribution in [0.1, 0.15) is 31.0 Å². The second-order valence-electron chi connectivity index (χ2n) is 4.81. The predicted octanol–water partition coefficient (Wildman–Crippen LogP) is 4.26. The number of rotatable bonds is 4. The van der Waals surface area contributed by atoms with E-state index in [4.69, 9.17) is 16.3 Å². The van der Waals surface area contributed by atoms with Crippen LogP contribution in [0.3, 0.4) is 0 Å². The Morgan fingerprint density at radius 2 is 1.86 bits per heavy atom. The molecule has 0 aliphatic heterocycles. The van der Waals surface area contributed by atoms with Gasteiger partial charge in [0.05, 0.1) is 4.92 Å². The Morgan fingerprint density at radius 3 is 2.38 bits per heavy atom. The summed E-state index contributed by atoms with van der Waals surface area (Å²) in [7, 11) is 0. The summed E-state index contributed by atoms with van der Waals surface area (Å²) in [6.07, 6.45) is 0. The lowest BCUT2D eigenvalue weighted by atomic mass is 10.0. The van der Waals surface area contributed by atoms with E-state index in [1.54, 1.807) is 12.1 Å². The largest absolute Gasteiger partial charge is 0.434 e. The van der Waals surface area contributed by atoms with Crippen molar-refractivity contribution in [2.24, 2.45) is 0 Å². The molecule has 0 unspecified atom stereocenters. The molecule has 0 fully saturated rings. The fourth-order valence-corrected chi connectivity index (χ4v) is 2.03. The van der Waals surface area contributed by atoms with Gasteiger partial charge in [-0.3, -0.25) is 10.1 Å². The van der Waals surface area contributed by atoms with Crippen LogP contribution >= 0.6 is 11.6 Å². The maximum atomic E-state index is 11.1. The van der Waals surface area contributed by atoms with Crippen molar-refractivity contribution in [2.75, 3.05) is 0 Å². The number of benzene rings is 1. The lowest BCUT2D eigenvalue weighted by Crippen LogP contribution is -2.01. The fourth-order valence-electron chi connectivity index (χ4n) is 1.82. The molecule has 7 heteroatoms. The predicted molar refractivity (Wildman–Crippen MR) is 79.0 cm³/mol. The summed E-state index contributed by atoms with van der Waals surface area (Å²) in [5.74, 6) is 0.690. The molecule has 6 nitrogen and oxygen atoms in total. The van der Waals surface area contributed by atoms with Crippen molar-refractivity contribution in [2.45, 2.75) is 26.7 Å². The van der Waals surface area contributed by atoms with Crippen LogP contribution in [0.4, 0.5) is 5.69 Å². The highest BCUT2D eigenvalue weighted by atomic mass is 35.5. The van der Waals surface area contributed by atoms with Gasteiger partial charge < -0.3 is 4.74 Å². The molecule has 110 valence electrons. The first-order valence-electron chi connectivity index (χ1n) is 6.35. The molecule has 2 rings (SSSR count). The van der Waals surface area contributed by atoms with Gasteiger partial charge in [0.15, 0.2) is 0 Å². The molecule has 0 saturated heterocycles. The van der Waals surface area contributed by atoms with Crippen LogP contribution in [0.15, 0.2) is 24.3 Å². The van der Waals surface area contributed by atoms with Gasteiger partial charge in [-0.25, -0.2) is 4.98 Å². The van der Waals surface area contributed by atoms with Crippen LogP contribution in [0.5, 0.6) is 11.6 Å². The van der Waals surface area contributed by atoms with E-state index in [1.165, 1.54) is 6.92 Å². The third kappa shape index (κ3) is 3.46. The molecule has 0 spiro atoms. The number of hydrogen-bond donors (Lipinski definition) is 0. The first-order valence-corrected chi connectivity index (χ1v) is 6.72. The van der Waals surface area contributed by atoms with Gasteiger partial charge in [-0.2, -0.15) is 4.98 Å². The Balaban J connectivity index is 2.37. The van der Waals surface area contributed by atoms with Crippen molar-refractivity contribution >= 4 is 17.3 Å². The lowest BCUT2D eigenvalue weighted by molar-refractivity contribution is -0.386. The number of nitrogens with zero attached hydrogens (tertiary/aromatic N) is 3. The average molecular weight is 308 g/mol. The Kier molecular flexibility index (Phi) is 4.37. The number of halogens is 1. The van der Waals surface area contributed by atoms with Gasteiger partial charge in [-0.1, -0.05) is 26.0 Å². The third-order valence-corrected chi connectivity index (χ3v) is 3.11. The normalized spacial score (nSPS) is 10.7. The topological polar surface area (TPSA) is 78.2 Å². The van der Waals surface area contributed by atoms with Gasteiger partial charge in [0.25, 0.3) is 0 Å². The van der Waals surface area contributed by atoms with E-state index >= 15 is 0 Å². The van der Waals surface area contributed by atoms with E-state index in [0.717, 1.165) is 5.56 Å². The Morgan fingerprint density at radius 1 is 1.24 bits per heavy atom. The summed E-state index contributed by atoms with van der Waals surface area (Å²) in [6, 6.07) is 7.29. The van der Waals surface area contributed by atoms with Crippen molar-refractivity contribution in [3.05, 3.63) is 50.9 Å². The van der Waals surface area contributed by atoms with Gasteiger partial charge in [0.1, 0.15) is 11.4 Å². The average Bonchev–Trinajstić information content (AvgIpc) is 2.37. The van der Waals surface area contributed by atoms with Crippen LogP contribution in [-0.2, 0) is 0 Å². The Bertz CT molecular complexity index is 672. The van der Waals surface area contributed by atoms with Crippen LogP contribution in [0, 0.1) is 17.0 Å². The number of aromatic nitrogens is 2. The van der Waals surface area contributed by atoms with Gasteiger partial charge in [-0.15, -0.1) is 0 Å². The molecule has 0 N–H and O–H groups in total. The highest BCUT2D eigenvalue weighted by Crippen LogP contribution is 2.32. The molecule has 1 aromatic carbocycles. The maximum Gasteiger partial charge on any atom is 0.352 e. The summed E-state index contributed by atoms with van der Waals surface area (Å²) in [5, 5.41) is 11.0. The van der Waals surface area contributed by atoms with E-state index < -0.39 is 4.92 Å². The molecule has 1 aromatic heterocycles. The van der Waals surface area contributed by atoms with Crippen LogP contribution in [0.25, 0.3) is 0 Å². The zero-order valence-corrected chi connectivity index (χ0v) is 12.6. The SMILES string of the molecule is Cc1nc(Cl)nc(Oc2ccc(C(C)C)cc2)c1[N+](=O)[O-].